The van der Waals surface area contributed by atoms with Crippen LogP contribution in [0.1, 0.15) is 26.7 Å². The molecule has 1 atom stereocenters. The van der Waals surface area contributed by atoms with E-state index in [4.69, 9.17) is 4.74 Å². The molecule has 4 amide bonds. The quantitative estimate of drug-likeness (QED) is 0.676. The Morgan fingerprint density at radius 2 is 1.77 bits per heavy atom. The van der Waals surface area contributed by atoms with Gasteiger partial charge in [-0.1, -0.05) is 18.2 Å². The third kappa shape index (κ3) is 5.28. The van der Waals surface area contributed by atoms with Crippen molar-refractivity contribution >= 4 is 34.9 Å². The van der Waals surface area contributed by atoms with E-state index in [2.05, 4.69) is 16.0 Å². The molecule has 1 saturated heterocycles. The molecule has 0 bridgehead atoms. The van der Waals surface area contributed by atoms with Crippen LogP contribution in [0.3, 0.4) is 0 Å². The van der Waals surface area contributed by atoms with E-state index in [0.717, 1.165) is 6.42 Å². The Morgan fingerprint density at radius 3 is 2.50 bits per heavy atom. The summed E-state index contributed by atoms with van der Waals surface area (Å²) in [6.07, 6.45) is 1.32. The minimum Gasteiger partial charge on any atom is -0.492 e. The normalized spacial score (nSPS) is 15.4. The molecular formula is C22H26N4O4. The Labute approximate surface area is 175 Å². The van der Waals surface area contributed by atoms with Gasteiger partial charge in [-0.25, -0.2) is 4.79 Å². The average molecular weight is 410 g/mol. The molecule has 2 aromatic rings. The van der Waals surface area contributed by atoms with Gasteiger partial charge in [-0.3, -0.25) is 9.59 Å². The SMILES string of the molecule is CCOc1ccccc1NC(=O)N1CCC[C@@H]1C(=O)Nc1cccc(NC(C)=O)c1. The highest BCUT2D eigenvalue weighted by Gasteiger charge is 2.34. The molecule has 0 aliphatic carbocycles. The van der Waals surface area contributed by atoms with Crippen LogP contribution in [0.4, 0.5) is 21.9 Å². The van der Waals surface area contributed by atoms with Gasteiger partial charge < -0.3 is 25.6 Å². The van der Waals surface area contributed by atoms with Crippen LogP contribution in [0, 0.1) is 0 Å². The summed E-state index contributed by atoms with van der Waals surface area (Å²) < 4.78 is 5.55. The van der Waals surface area contributed by atoms with Gasteiger partial charge in [-0.2, -0.15) is 0 Å². The summed E-state index contributed by atoms with van der Waals surface area (Å²) in [6.45, 7) is 4.27. The summed E-state index contributed by atoms with van der Waals surface area (Å²) in [6, 6.07) is 13.2. The summed E-state index contributed by atoms with van der Waals surface area (Å²) in [5.41, 5.74) is 1.72. The fourth-order valence-electron chi connectivity index (χ4n) is 3.42. The number of anilines is 3. The first kappa shape index (κ1) is 21.2. The van der Waals surface area contributed by atoms with Crippen molar-refractivity contribution < 1.29 is 19.1 Å². The number of urea groups is 1. The third-order valence-electron chi connectivity index (χ3n) is 4.70. The fourth-order valence-corrected chi connectivity index (χ4v) is 3.42. The molecule has 0 unspecified atom stereocenters. The van der Waals surface area contributed by atoms with Crippen molar-refractivity contribution in [3.05, 3.63) is 48.5 Å². The maximum absolute atomic E-state index is 12.8. The summed E-state index contributed by atoms with van der Waals surface area (Å²) in [7, 11) is 0. The lowest BCUT2D eigenvalue weighted by atomic mass is 10.2. The molecule has 1 aliphatic rings. The van der Waals surface area contributed by atoms with Crippen molar-refractivity contribution in [2.45, 2.75) is 32.7 Å². The Bertz CT molecular complexity index is 931. The molecule has 1 fully saturated rings. The topological polar surface area (TPSA) is 99.8 Å². The van der Waals surface area contributed by atoms with Crippen LogP contribution in [0.5, 0.6) is 5.75 Å². The molecule has 0 spiro atoms. The van der Waals surface area contributed by atoms with Gasteiger partial charge in [-0.05, 0) is 50.1 Å². The maximum atomic E-state index is 12.8. The summed E-state index contributed by atoms with van der Waals surface area (Å²) >= 11 is 0. The van der Waals surface area contributed by atoms with E-state index in [1.807, 2.05) is 19.1 Å². The highest BCUT2D eigenvalue weighted by atomic mass is 16.5. The number of nitrogens with zero attached hydrogens (tertiary/aromatic N) is 1. The zero-order valence-electron chi connectivity index (χ0n) is 17.1. The van der Waals surface area contributed by atoms with Crippen molar-refractivity contribution in [2.75, 3.05) is 29.1 Å². The summed E-state index contributed by atoms with van der Waals surface area (Å²) in [5.74, 6) is 0.133. The Kier molecular flexibility index (Phi) is 6.90. The predicted molar refractivity (Wildman–Crippen MR) is 116 cm³/mol. The molecule has 158 valence electrons. The van der Waals surface area contributed by atoms with Crippen molar-refractivity contribution in [3.8, 4) is 5.75 Å². The zero-order valence-corrected chi connectivity index (χ0v) is 17.1. The number of carbonyl (C=O) groups is 3. The average Bonchev–Trinajstić information content (AvgIpc) is 3.20. The van der Waals surface area contributed by atoms with Crippen LogP contribution in [-0.2, 0) is 9.59 Å². The van der Waals surface area contributed by atoms with Crippen LogP contribution in [-0.4, -0.2) is 41.9 Å². The molecule has 8 nitrogen and oxygen atoms in total. The number of ether oxygens (including phenoxy) is 1. The molecular weight excluding hydrogens is 384 g/mol. The second-order valence-corrected chi connectivity index (χ2v) is 6.96. The number of rotatable bonds is 6. The molecule has 8 heteroatoms. The number of carbonyl (C=O) groups excluding carboxylic acids is 3. The van der Waals surface area contributed by atoms with Crippen LogP contribution in [0.2, 0.25) is 0 Å². The Hall–Kier alpha value is -3.55. The zero-order chi connectivity index (χ0) is 21.5. The number of para-hydroxylation sites is 2. The van der Waals surface area contributed by atoms with Crippen molar-refractivity contribution in [2.24, 2.45) is 0 Å². The highest BCUT2D eigenvalue weighted by molar-refractivity contribution is 6.00. The molecule has 0 aromatic heterocycles. The molecule has 1 heterocycles. The molecule has 1 aliphatic heterocycles. The van der Waals surface area contributed by atoms with Crippen molar-refractivity contribution in [3.63, 3.8) is 0 Å². The van der Waals surface area contributed by atoms with E-state index < -0.39 is 6.04 Å². The lowest BCUT2D eigenvalue weighted by Crippen LogP contribution is -2.45. The molecule has 0 radical (unpaired) electrons. The van der Waals surface area contributed by atoms with Crippen molar-refractivity contribution in [1.82, 2.24) is 4.90 Å². The third-order valence-corrected chi connectivity index (χ3v) is 4.70. The van der Waals surface area contributed by atoms with Crippen LogP contribution in [0.25, 0.3) is 0 Å². The molecule has 3 N–H and O–H groups in total. The number of hydrogen-bond donors (Lipinski definition) is 3. The van der Waals surface area contributed by atoms with Gasteiger partial charge >= 0.3 is 6.03 Å². The number of nitrogens with one attached hydrogen (secondary N) is 3. The first-order chi connectivity index (χ1) is 14.5. The van der Waals surface area contributed by atoms with E-state index >= 15 is 0 Å². The van der Waals surface area contributed by atoms with Gasteiger partial charge in [-0.15, -0.1) is 0 Å². The van der Waals surface area contributed by atoms with Gasteiger partial charge in [0.2, 0.25) is 11.8 Å². The molecule has 3 rings (SSSR count). The summed E-state index contributed by atoms with van der Waals surface area (Å²) in [5, 5.41) is 8.37. The number of benzene rings is 2. The van der Waals surface area contributed by atoms with Crippen LogP contribution < -0.4 is 20.7 Å². The molecule has 0 saturated carbocycles. The molecule has 30 heavy (non-hydrogen) atoms. The van der Waals surface area contributed by atoms with Gasteiger partial charge in [0.15, 0.2) is 0 Å². The van der Waals surface area contributed by atoms with Gasteiger partial charge in [0.25, 0.3) is 0 Å². The van der Waals surface area contributed by atoms with Crippen molar-refractivity contribution in [1.29, 1.82) is 0 Å². The van der Waals surface area contributed by atoms with Crippen LogP contribution in [0.15, 0.2) is 48.5 Å². The Balaban J connectivity index is 1.67. The van der Waals surface area contributed by atoms with E-state index in [1.165, 1.54) is 11.8 Å². The lowest BCUT2D eigenvalue weighted by molar-refractivity contribution is -0.119. The lowest BCUT2D eigenvalue weighted by Gasteiger charge is -2.25. The summed E-state index contributed by atoms with van der Waals surface area (Å²) in [4.78, 5) is 38.5. The largest absolute Gasteiger partial charge is 0.492 e. The van der Waals surface area contributed by atoms with E-state index in [9.17, 15) is 14.4 Å². The van der Waals surface area contributed by atoms with E-state index in [0.29, 0.717) is 42.4 Å². The second kappa shape index (κ2) is 9.78. The van der Waals surface area contributed by atoms with E-state index in [-0.39, 0.29) is 17.8 Å². The Morgan fingerprint density at radius 1 is 1.03 bits per heavy atom. The number of amides is 4. The maximum Gasteiger partial charge on any atom is 0.322 e. The van der Waals surface area contributed by atoms with Gasteiger partial charge in [0, 0.05) is 24.8 Å². The standard InChI is InChI=1S/C22H26N4O4/c1-3-30-20-12-5-4-10-18(20)25-22(29)26-13-7-11-19(26)21(28)24-17-9-6-8-16(14-17)23-15(2)27/h4-6,8-10,12,14,19H,3,7,11,13H2,1-2H3,(H,23,27)(H,24,28)(H,25,29)/t19-/m1/s1. The monoisotopic (exact) mass is 410 g/mol. The number of hydrogen-bond acceptors (Lipinski definition) is 4. The fraction of sp³-hybridized carbons (Fsp3) is 0.318. The van der Waals surface area contributed by atoms with Gasteiger partial charge in [0.05, 0.1) is 12.3 Å². The van der Waals surface area contributed by atoms with Gasteiger partial charge in [0.1, 0.15) is 11.8 Å². The van der Waals surface area contributed by atoms with Crippen LogP contribution >= 0.6 is 0 Å². The first-order valence-electron chi connectivity index (χ1n) is 9.96. The number of likely N-dealkylation sites (tertiary alicyclic amines) is 1. The first-order valence-corrected chi connectivity index (χ1v) is 9.96. The molecule has 2 aromatic carbocycles. The highest BCUT2D eigenvalue weighted by Crippen LogP contribution is 2.26. The predicted octanol–water partition coefficient (Wildman–Crippen LogP) is 3.68. The smallest absolute Gasteiger partial charge is 0.322 e. The minimum absolute atomic E-state index is 0.190. The minimum atomic E-state index is -0.575. The second-order valence-electron chi connectivity index (χ2n) is 6.96. The van der Waals surface area contributed by atoms with E-state index in [1.54, 1.807) is 36.4 Å².